The van der Waals surface area contributed by atoms with Gasteiger partial charge in [0.15, 0.2) is 0 Å². The SMILES string of the molecule is CCOc1ccc(N(CC(=O)N/N=C\c2cccc3ccccc23)S(=O)(=O)c2ccc(SC)cc2)cc1. The maximum Gasteiger partial charge on any atom is 0.264 e. The van der Waals surface area contributed by atoms with Crippen molar-refractivity contribution in [1.29, 1.82) is 0 Å². The van der Waals surface area contributed by atoms with Crippen LogP contribution in [0.4, 0.5) is 5.69 Å². The van der Waals surface area contributed by atoms with Crippen LogP contribution < -0.4 is 14.5 Å². The van der Waals surface area contributed by atoms with E-state index in [0.29, 0.717) is 18.0 Å². The minimum Gasteiger partial charge on any atom is -0.494 e. The van der Waals surface area contributed by atoms with Gasteiger partial charge >= 0.3 is 0 Å². The van der Waals surface area contributed by atoms with Crippen LogP contribution in [0.3, 0.4) is 0 Å². The summed E-state index contributed by atoms with van der Waals surface area (Å²) >= 11 is 1.52. The summed E-state index contributed by atoms with van der Waals surface area (Å²) in [5, 5.41) is 6.13. The minimum absolute atomic E-state index is 0.0891. The Hall–Kier alpha value is -3.82. The Morgan fingerprint density at radius 1 is 0.973 bits per heavy atom. The van der Waals surface area contributed by atoms with E-state index in [0.717, 1.165) is 25.5 Å². The molecule has 0 bridgehead atoms. The van der Waals surface area contributed by atoms with Crippen LogP contribution >= 0.6 is 11.8 Å². The summed E-state index contributed by atoms with van der Waals surface area (Å²) < 4.78 is 33.7. The molecule has 0 unspecified atom stereocenters. The van der Waals surface area contributed by atoms with Crippen molar-refractivity contribution in [3.05, 3.63) is 96.6 Å². The third-order valence-corrected chi connectivity index (χ3v) is 8.12. The summed E-state index contributed by atoms with van der Waals surface area (Å²) in [5.41, 5.74) is 3.64. The maximum atomic E-state index is 13.6. The molecule has 0 atom stereocenters. The number of sulfonamides is 1. The fourth-order valence-electron chi connectivity index (χ4n) is 3.77. The Bertz CT molecular complexity index is 1500. The van der Waals surface area contributed by atoms with Gasteiger partial charge < -0.3 is 4.74 Å². The number of carbonyl (C=O) groups excluding carboxylic acids is 1. The molecule has 0 aromatic heterocycles. The van der Waals surface area contributed by atoms with E-state index >= 15 is 0 Å². The zero-order chi connectivity index (χ0) is 26.3. The summed E-state index contributed by atoms with van der Waals surface area (Å²) in [7, 11) is -4.03. The van der Waals surface area contributed by atoms with Crippen LogP contribution in [0.25, 0.3) is 10.8 Å². The van der Waals surface area contributed by atoms with Crippen molar-refractivity contribution in [2.45, 2.75) is 16.7 Å². The molecule has 0 aliphatic rings. The second-order valence-electron chi connectivity index (χ2n) is 7.98. The molecule has 0 saturated heterocycles. The highest BCUT2D eigenvalue weighted by Crippen LogP contribution is 2.27. The molecule has 1 amide bonds. The number of nitrogens with one attached hydrogen (secondary N) is 1. The van der Waals surface area contributed by atoms with Crippen molar-refractivity contribution < 1.29 is 17.9 Å². The minimum atomic E-state index is -4.03. The maximum absolute atomic E-state index is 13.6. The van der Waals surface area contributed by atoms with Gasteiger partial charge in [-0.05, 0) is 72.5 Å². The molecule has 9 heteroatoms. The van der Waals surface area contributed by atoms with E-state index in [1.165, 1.54) is 11.8 Å². The summed E-state index contributed by atoms with van der Waals surface area (Å²) in [6.07, 6.45) is 3.47. The van der Waals surface area contributed by atoms with E-state index in [4.69, 9.17) is 4.74 Å². The van der Waals surface area contributed by atoms with Crippen LogP contribution in [0, 0.1) is 0 Å². The number of anilines is 1. The van der Waals surface area contributed by atoms with E-state index in [1.807, 2.05) is 55.6 Å². The molecule has 0 fully saturated rings. The number of benzene rings is 4. The van der Waals surface area contributed by atoms with E-state index < -0.39 is 22.5 Å². The van der Waals surface area contributed by atoms with Crippen molar-refractivity contribution in [2.24, 2.45) is 5.10 Å². The largest absolute Gasteiger partial charge is 0.494 e. The van der Waals surface area contributed by atoms with Gasteiger partial charge in [0.2, 0.25) is 0 Å². The van der Waals surface area contributed by atoms with Crippen LogP contribution in [0.1, 0.15) is 12.5 Å². The third kappa shape index (κ3) is 6.31. The van der Waals surface area contributed by atoms with Crippen LogP contribution in [0.5, 0.6) is 5.75 Å². The smallest absolute Gasteiger partial charge is 0.264 e. The van der Waals surface area contributed by atoms with Crippen molar-refractivity contribution >= 4 is 50.4 Å². The van der Waals surface area contributed by atoms with Gasteiger partial charge in [0.1, 0.15) is 12.3 Å². The number of thioether (sulfide) groups is 1. The molecule has 0 radical (unpaired) electrons. The Balaban J connectivity index is 1.58. The summed E-state index contributed by atoms with van der Waals surface area (Å²) in [6.45, 7) is 1.90. The van der Waals surface area contributed by atoms with Crippen molar-refractivity contribution in [3.8, 4) is 5.75 Å². The Kier molecular flexibility index (Phi) is 8.47. The van der Waals surface area contributed by atoms with Gasteiger partial charge in [-0.15, -0.1) is 11.8 Å². The highest BCUT2D eigenvalue weighted by molar-refractivity contribution is 7.98. The average Bonchev–Trinajstić information content (AvgIpc) is 2.92. The molecule has 0 spiro atoms. The monoisotopic (exact) mass is 533 g/mol. The molecule has 4 aromatic carbocycles. The highest BCUT2D eigenvalue weighted by atomic mass is 32.2. The molecule has 37 heavy (non-hydrogen) atoms. The lowest BCUT2D eigenvalue weighted by atomic mass is 10.1. The number of hydrogen-bond acceptors (Lipinski definition) is 6. The lowest BCUT2D eigenvalue weighted by Gasteiger charge is -2.24. The normalized spacial score (nSPS) is 11.5. The predicted octanol–water partition coefficient (Wildman–Crippen LogP) is 5.31. The summed E-state index contributed by atoms with van der Waals surface area (Å²) in [5.74, 6) is 0.0340. The fraction of sp³-hybridized carbons (Fsp3) is 0.143. The fourth-order valence-corrected chi connectivity index (χ4v) is 5.60. The summed E-state index contributed by atoms with van der Waals surface area (Å²) in [6, 6.07) is 26.8. The zero-order valence-corrected chi connectivity index (χ0v) is 22.1. The first kappa shape index (κ1) is 26.2. The third-order valence-electron chi connectivity index (χ3n) is 5.59. The van der Waals surface area contributed by atoms with E-state index in [1.54, 1.807) is 54.7 Å². The molecule has 0 heterocycles. The Morgan fingerprint density at radius 2 is 1.68 bits per heavy atom. The number of amides is 1. The quantitative estimate of drug-likeness (QED) is 0.170. The second-order valence-corrected chi connectivity index (χ2v) is 10.7. The molecule has 0 saturated carbocycles. The predicted molar refractivity (Wildman–Crippen MR) is 150 cm³/mol. The van der Waals surface area contributed by atoms with Gasteiger partial charge in [-0.2, -0.15) is 5.10 Å². The van der Waals surface area contributed by atoms with Crippen molar-refractivity contribution in [1.82, 2.24) is 5.43 Å². The number of hydrogen-bond donors (Lipinski definition) is 1. The molecule has 190 valence electrons. The van der Waals surface area contributed by atoms with Crippen LogP contribution in [-0.4, -0.2) is 39.9 Å². The van der Waals surface area contributed by atoms with Gasteiger partial charge in [0.05, 0.1) is 23.4 Å². The molecule has 7 nitrogen and oxygen atoms in total. The second kappa shape index (κ2) is 11.9. The molecule has 0 aliphatic carbocycles. The first-order valence-corrected chi connectivity index (χ1v) is 14.3. The van der Waals surface area contributed by atoms with Gasteiger partial charge in [0, 0.05) is 10.5 Å². The van der Waals surface area contributed by atoms with E-state index in [2.05, 4.69) is 10.5 Å². The van der Waals surface area contributed by atoms with Crippen molar-refractivity contribution in [2.75, 3.05) is 23.7 Å². The average molecular weight is 534 g/mol. The number of nitrogens with zero attached hydrogens (tertiary/aromatic N) is 2. The van der Waals surface area contributed by atoms with E-state index in [-0.39, 0.29) is 4.90 Å². The molecule has 1 N–H and O–H groups in total. The van der Waals surface area contributed by atoms with Gasteiger partial charge in [-0.25, -0.2) is 13.8 Å². The lowest BCUT2D eigenvalue weighted by molar-refractivity contribution is -0.119. The van der Waals surface area contributed by atoms with Crippen LogP contribution in [0.15, 0.2) is 106 Å². The van der Waals surface area contributed by atoms with Gasteiger partial charge in [-0.1, -0.05) is 42.5 Å². The highest BCUT2D eigenvalue weighted by Gasteiger charge is 2.27. The van der Waals surface area contributed by atoms with Gasteiger partial charge in [-0.3, -0.25) is 9.10 Å². The molecule has 4 rings (SSSR count). The Labute approximate surface area is 221 Å². The van der Waals surface area contributed by atoms with E-state index in [9.17, 15) is 13.2 Å². The summed E-state index contributed by atoms with van der Waals surface area (Å²) in [4.78, 5) is 13.9. The zero-order valence-electron chi connectivity index (χ0n) is 20.5. The first-order chi connectivity index (χ1) is 17.9. The topological polar surface area (TPSA) is 88.1 Å². The number of ether oxygens (including phenoxy) is 1. The lowest BCUT2D eigenvalue weighted by Crippen LogP contribution is -2.39. The molecular formula is C28H27N3O4S2. The number of carbonyl (C=O) groups is 1. The number of fused-ring (bicyclic) bond motifs is 1. The number of rotatable bonds is 10. The van der Waals surface area contributed by atoms with Gasteiger partial charge in [0.25, 0.3) is 15.9 Å². The first-order valence-electron chi connectivity index (χ1n) is 11.6. The van der Waals surface area contributed by atoms with Crippen LogP contribution in [0.2, 0.25) is 0 Å². The Morgan fingerprint density at radius 3 is 2.38 bits per heavy atom. The number of hydrazone groups is 1. The molecule has 4 aromatic rings. The van der Waals surface area contributed by atoms with Crippen LogP contribution in [-0.2, 0) is 14.8 Å². The molecule has 0 aliphatic heterocycles. The van der Waals surface area contributed by atoms with Crippen molar-refractivity contribution in [3.63, 3.8) is 0 Å². The molecular weight excluding hydrogens is 506 g/mol. The standard InChI is InChI=1S/C28H27N3O4S2/c1-3-35-24-13-11-23(12-14-24)31(37(33,34)26-17-15-25(36-2)16-18-26)20-28(32)30-29-19-22-9-6-8-21-7-4-5-10-27(21)22/h4-19H,3,20H2,1-2H3,(H,30,32)/b29-19-.